The van der Waals surface area contributed by atoms with Crippen LogP contribution in [0.2, 0.25) is 0 Å². The van der Waals surface area contributed by atoms with Crippen molar-refractivity contribution in [2.24, 2.45) is 0 Å². The van der Waals surface area contributed by atoms with Crippen molar-refractivity contribution in [2.75, 3.05) is 13.2 Å². The van der Waals surface area contributed by atoms with Gasteiger partial charge in [-0.3, -0.25) is 0 Å². The van der Waals surface area contributed by atoms with Gasteiger partial charge in [-0.25, -0.2) is 4.39 Å². The highest BCUT2D eigenvalue weighted by atomic mass is 19.1. The van der Waals surface area contributed by atoms with Gasteiger partial charge in [0.05, 0.1) is 12.7 Å². The summed E-state index contributed by atoms with van der Waals surface area (Å²) in [5.41, 5.74) is 0. The van der Waals surface area contributed by atoms with Crippen LogP contribution in [-0.2, 0) is 4.74 Å². The lowest BCUT2D eigenvalue weighted by molar-refractivity contribution is -0.0493. The second-order valence-electron chi connectivity index (χ2n) is 1.95. The van der Waals surface area contributed by atoms with E-state index in [9.17, 15) is 4.39 Å². The standard InChI is InChI=1S/C5H9FO2/c6-4-3-8-2-1-5(4)7/h4-5,7H,1-3H2/t4?,5-/m0/s1. The molecule has 1 saturated heterocycles. The number of rotatable bonds is 0. The Balaban J connectivity index is 2.28. The highest BCUT2D eigenvalue weighted by Crippen LogP contribution is 2.09. The lowest BCUT2D eigenvalue weighted by Crippen LogP contribution is -2.32. The Bertz CT molecular complexity index is 66.8. The minimum absolute atomic E-state index is 0.0567. The van der Waals surface area contributed by atoms with Crippen molar-refractivity contribution in [3.63, 3.8) is 0 Å². The quantitative estimate of drug-likeness (QED) is 0.491. The molecule has 3 heteroatoms. The molecule has 1 fully saturated rings. The Hall–Kier alpha value is -0.150. The van der Waals surface area contributed by atoms with E-state index in [1.807, 2.05) is 0 Å². The first-order valence-electron chi connectivity index (χ1n) is 2.70. The third-order valence-corrected chi connectivity index (χ3v) is 1.25. The second-order valence-corrected chi connectivity index (χ2v) is 1.95. The molecule has 1 aliphatic rings. The molecule has 1 rings (SSSR count). The molecule has 0 aliphatic carbocycles. The molecule has 1 N–H and O–H groups in total. The van der Waals surface area contributed by atoms with Crippen LogP contribution in [0, 0.1) is 0 Å². The van der Waals surface area contributed by atoms with Crippen molar-refractivity contribution in [2.45, 2.75) is 18.7 Å². The topological polar surface area (TPSA) is 29.5 Å². The van der Waals surface area contributed by atoms with E-state index in [0.717, 1.165) is 0 Å². The van der Waals surface area contributed by atoms with E-state index in [-0.39, 0.29) is 6.61 Å². The van der Waals surface area contributed by atoms with E-state index in [2.05, 4.69) is 0 Å². The Labute approximate surface area is 47.3 Å². The van der Waals surface area contributed by atoms with Crippen LogP contribution < -0.4 is 0 Å². The van der Waals surface area contributed by atoms with Crippen LogP contribution in [-0.4, -0.2) is 30.6 Å². The van der Waals surface area contributed by atoms with Gasteiger partial charge in [-0.2, -0.15) is 0 Å². The molecule has 48 valence electrons. The second kappa shape index (κ2) is 2.42. The molecule has 1 unspecified atom stereocenters. The summed E-state index contributed by atoms with van der Waals surface area (Å²) < 4.78 is 16.9. The van der Waals surface area contributed by atoms with Gasteiger partial charge in [0.2, 0.25) is 0 Å². The van der Waals surface area contributed by atoms with Gasteiger partial charge < -0.3 is 9.84 Å². The van der Waals surface area contributed by atoms with Gasteiger partial charge in [-0.15, -0.1) is 0 Å². The molecule has 0 aromatic carbocycles. The van der Waals surface area contributed by atoms with Crippen LogP contribution in [0.5, 0.6) is 0 Å². The fraction of sp³-hybridized carbons (Fsp3) is 1.00. The fourth-order valence-corrected chi connectivity index (χ4v) is 0.692. The molecule has 0 spiro atoms. The summed E-state index contributed by atoms with van der Waals surface area (Å²) in [6.45, 7) is 0.544. The van der Waals surface area contributed by atoms with Crippen LogP contribution >= 0.6 is 0 Å². The lowest BCUT2D eigenvalue weighted by atomic mass is 10.1. The number of halogens is 1. The van der Waals surface area contributed by atoms with Crippen LogP contribution in [0.4, 0.5) is 4.39 Å². The summed E-state index contributed by atoms with van der Waals surface area (Å²) in [4.78, 5) is 0. The number of aliphatic hydroxyl groups excluding tert-OH is 1. The Morgan fingerprint density at radius 3 is 2.75 bits per heavy atom. The largest absolute Gasteiger partial charge is 0.390 e. The molecule has 1 heterocycles. The molecule has 0 amide bonds. The van der Waals surface area contributed by atoms with Gasteiger partial charge in [0.1, 0.15) is 6.17 Å². The Morgan fingerprint density at radius 1 is 1.62 bits per heavy atom. The zero-order chi connectivity index (χ0) is 5.98. The summed E-state index contributed by atoms with van der Waals surface area (Å²) >= 11 is 0. The highest BCUT2D eigenvalue weighted by Gasteiger charge is 2.22. The maximum atomic E-state index is 12.2. The summed E-state index contributed by atoms with van der Waals surface area (Å²) in [7, 11) is 0. The van der Waals surface area contributed by atoms with Gasteiger partial charge in [-0.05, 0) is 6.42 Å². The first-order valence-corrected chi connectivity index (χ1v) is 2.70. The van der Waals surface area contributed by atoms with Crippen LogP contribution in [0.25, 0.3) is 0 Å². The van der Waals surface area contributed by atoms with Gasteiger partial charge in [-0.1, -0.05) is 0 Å². The zero-order valence-electron chi connectivity index (χ0n) is 4.51. The average molecular weight is 120 g/mol. The first kappa shape index (κ1) is 5.98. The van der Waals surface area contributed by atoms with Crippen LogP contribution in [0.3, 0.4) is 0 Å². The normalized spacial score (nSPS) is 39.8. The van der Waals surface area contributed by atoms with Gasteiger partial charge in [0.15, 0.2) is 0 Å². The van der Waals surface area contributed by atoms with Crippen molar-refractivity contribution in [3.8, 4) is 0 Å². The minimum atomic E-state index is -1.16. The molecule has 2 atom stereocenters. The zero-order valence-corrected chi connectivity index (χ0v) is 4.51. The summed E-state index contributed by atoms with van der Waals surface area (Å²) in [5.74, 6) is 0. The highest BCUT2D eigenvalue weighted by molar-refractivity contribution is 4.70. The monoisotopic (exact) mass is 120 g/mol. The van der Waals surface area contributed by atoms with Gasteiger partial charge in [0, 0.05) is 6.61 Å². The minimum Gasteiger partial charge on any atom is -0.390 e. The van der Waals surface area contributed by atoms with Gasteiger partial charge in [0.25, 0.3) is 0 Å². The van der Waals surface area contributed by atoms with Crippen molar-refractivity contribution in [3.05, 3.63) is 0 Å². The maximum absolute atomic E-state index is 12.2. The Morgan fingerprint density at radius 2 is 2.38 bits per heavy atom. The number of aliphatic hydroxyl groups is 1. The average Bonchev–Trinajstić information content (AvgIpc) is 1.77. The van der Waals surface area contributed by atoms with E-state index in [1.165, 1.54) is 0 Å². The third kappa shape index (κ3) is 1.17. The van der Waals surface area contributed by atoms with E-state index < -0.39 is 12.3 Å². The molecule has 0 radical (unpaired) electrons. The van der Waals surface area contributed by atoms with E-state index in [0.29, 0.717) is 13.0 Å². The molecule has 0 saturated carbocycles. The van der Waals surface area contributed by atoms with Crippen molar-refractivity contribution in [1.29, 1.82) is 0 Å². The fourth-order valence-electron chi connectivity index (χ4n) is 0.692. The predicted molar refractivity (Wildman–Crippen MR) is 26.3 cm³/mol. The van der Waals surface area contributed by atoms with E-state index >= 15 is 0 Å². The summed E-state index contributed by atoms with van der Waals surface area (Å²) in [6.07, 6.45) is -1.52. The van der Waals surface area contributed by atoms with Crippen molar-refractivity contribution < 1.29 is 14.2 Å². The number of alkyl halides is 1. The smallest absolute Gasteiger partial charge is 0.149 e. The number of ether oxygens (including phenoxy) is 1. The van der Waals surface area contributed by atoms with Crippen LogP contribution in [0.15, 0.2) is 0 Å². The predicted octanol–water partition coefficient (Wildman–Crippen LogP) is 0.106. The number of hydrogen-bond acceptors (Lipinski definition) is 2. The first-order chi connectivity index (χ1) is 3.80. The molecule has 8 heavy (non-hydrogen) atoms. The van der Waals surface area contributed by atoms with E-state index in [1.54, 1.807) is 0 Å². The Kier molecular flexibility index (Phi) is 1.81. The lowest BCUT2D eigenvalue weighted by Gasteiger charge is -2.20. The van der Waals surface area contributed by atoms with Crippen molar-refractivity contribution in [1.82, 2.24) is 0 Å². The maximum Gasteiger partial charge on any atom is 0.149 e. The molecule has 2 nitrogen and oxygen atoms in total. The third-order valence-electron chi connectivity index (χ3n) is 1.25. The molecule has 0 aromatic rings. The molecule has 0 aromatic heterocycles. The van der Waals surface area contributed by atoms with E-state index in [4.69, 9.17) is 9.84 Å². The molecular weight excluding hydrogens is 111 g/mol. The van der Waals surface area contributed by atoms with Gasteiger partial charge >= 0.3 is 0 Å². The van der Waals surface area contributed by atoms with Crippen molar-refractivity contribution >= 4 is 0 Å². The molecule has 1 aliphatic heterocycles. The number of hydrogen-bond donors (Lipinski definition) is 1. The summed E-state index contributed by atoms with van der Waals surface area (Å²) in [6, 6.07) is 0. The SMILES string of the molecule is O[C@H]1CCOCC1F. The molecular formula is C5H9FO2. The van der Waals surface area contributed by atoms with Crippen LogP contribution in [0.1, 0.15) is 6.42 Å². The summed E-state index contributed by atoms with van der Waals surface area (Å²) in [5, 5.41) is 8.72. The molecule has 0 bridgehead atoms.